The monoisotopic (exact) mass is 338 g/mol. The van der Waals surface area contributed by atoms with Crippen LogP contribution in [0, 0.1) is 0 Å². The first kappa shape index (κ1) is 16.0. The largest absolute Gasteiger partial charge is 0.326 e. The average molecular weight is 339 g/mol. The van der Waals surface area contributed by atoms with E-state index in [0.717, 1.165) is 10.9 Å². The lowest BCUT2D eigenvalue weighted by atomic mass is 9.79. The molecule has 2 rings (SSSR count). The molecule has 0 saturated heterocycles. The number of likely N-dealkylation sites (N-methyl/N-ethyl adjacent to an activating group) is 1. The lowest BCUT2D eigenvalue weighted by Gasteiger charge is -2.44. The van der Waals surface area contributed by atoms with Gasteiger partial charge in [-0.15, -0.1) is 0 Å². The maximum Gasteiger partial charge on any atom is 0.0357 e. The van der Waals surface area contributed by atoms with E-state index in [-0.39, 0.29) is 11.6 Å². The molecule has 0 bridgehead atoms. The van der Waals surface area contributed by atoms with Crippen molar-refractivity contribution in [1.29, 1.82) is 0 Å². The number of hydrogen-bond donors (Lipinski definition) is 1. The third kappa shape index (κ3) is 3.63. The summed E-state index contributed by atoms with van der Waals surface area (Å²) in [6.45, 7) is 0. The molecule has 3 heteroatoms. The van der Waals surface area contributed by atoms with Crippen LogP contribution >= 0.6 is 15.9 Å². The van der Waals surface area contributed by atoms with Crippen molar-refractivity contribution in [3.63, 3.8) is 0 Å². The van der Waals surface area contributed by atoms with Gasteiger partial charge in [0.25, 0.3) is 0 Å². The smallest absolute Gasteiger partial charge is 0.0357 e. The second-order valence-electron chi connectivity index (χ2n) is 6.35. The molecule has 1 fully saturated rings. The zero-order valence-corrected chi connectivity index (χ0v) is 14.3. The Morgan fingerprint density at radius 3 is 2.40 bits per heavy atom. The molecule has 2 nitrogen and oxygen atoms in total. The number of rotatable bonds is 4. The highest BCUT2D eigenvalue weighted by atomic mass is 79.9. The Hall–Kier alpha value is -0.380. The van der Waals surface area contributed by atoms with E-state index in [1.54, 1.807) is 0 Å². The van der Waals surface area contributed by atoms with Gasteiger partial charge >= 0.3 is 0 Å². The molecular weight excluding hydrogens is 312 g/mol. The standard InChI is InChI=1S/C17H27BrN2/c1-20(2)17(10-5-3-4-6-11-17)16(19)13-14-8-7-9-15(18)12-14/h7-9,12,16H,3-6,10-11,13,19H2,1-2H3. The number of halogens is 1. The highest BCUT2D eigenvalue weighted by molar-refractivity contribution is 9.10. The fourth-order valence-corrected chi connectivity index (χ4v) is 4.04. The van der Waals surface area contributed by atoms with Crippen molar-refractivity contribution in [3.05, 3.63) is 34.3 Å². The van der Waals surface area contributed by atoms with Crippen LogP contribution in [0.25, 0.3) is 0 Å². The molecule has 2 N–H and O–H groups in total. The first-order valence-electron chi connectivity index (χ1n) is 7.72. The molecule has 1 aliphatic carbocycles. The van der Waals surface area contributed by atoms with Crippen molar-refractivity contribution in [2.75, 3.05) is 14.1 Å². The van der Waals surface area contributed by atoms with E-state index in [0.29, 0.717) is 0 Å². The summed E-state index contributed by atoms with van der Waals surface area (Å²) in [5.41, 5.74) is 8.18. The summed E-state index contributed by atoms with van der Waals surface area (Å²) in [5, 5.41) is 0. The van der Waals surface area contributed by atoms with Crippen molar-refractivity contribution in [1.82, 2.24) is 4.90 Å². The predicted molar refractivity (Wildman–Crippen MR) is 89.9 cm³/mol. The Morgan fingerprint density at radius 2 is 1.85 bits per heavy atom. The van der Waals surface area contributed by atoms with Crippen LogP contribution in [0.1, 0.15) is 44.1 Å². The summed E-state index contributed by atoms with van der Waals surface area (Å²) in [5.74, 6) is 0. The van der Waals surface area contributed by atoms with Crippen LogP contribution in [0.4, 0.5) is 0 Å². The van der Waals surface area contributed by atoms with E-state index in [1.165, 1.54) is 44.1 Å². The van der Waals surface area contributed by atoms with Crippen molar-refractivity contribution < 1.29 is 0 Å². The zero-order valence-electron chi connectivity index (χ0n) is 12.7. The molecule has 1 unspecified atom stereocenters. The fourth-order valence-electron chi connectivity index (χ4n) is 3.60. The maximum absolute atomic E-state index is 6.68. The molecule has 0 radical (unpaired) electrons. The Bertz CT molecular complexity index is 423. The SMILES string of the molecule is CN(C)C1(C(N)Cc2cccc(Br)c2)CCCCCC1. The van der Waals surface area contributed by atoms with E-state index in [9.17, 15) is 0 Å². The van der Waals surface area contributed by atoms with Crippen LogP contribution in [-0.4, -0.2) is 30.6 Å². The van der Waals surface area contributed by atoms with E-state index in [1.807, 2.05) is 0 Å². The highest BCUT2D eigenvalue weighted by Gasteiger charge is 2.38. The van der Waals surface area contributed by atoms with E-state index < -0.39 is 0 Å². The minimum atomic E-state index is 0.165. The van der Waals surface area contributed by atoms with Gasteiger partial charge < -0.3 is 10.6 Å². The molecule has 0 heterocycles. The maximum atomic E-state index is 6.68. The van der Waals surface area contributed by atoms with Gasteiger partial charge in [0.05, 0.1) is 0 Å². The van der Waals surface area contributed by atoms with Gasteiger partial charge in [-0.25, -0.2) is 0 Å². The second kappa shape index (κ2) is 7.06. The first-order chi connectivity index (χ1) is 9.54. The third-order valence-corrected chi connectivity index (χ3v) is 5.39. The van der Waals surface area contributed by atoms with E-state index >= 15 is 0 Å². The fraction of sp³-hybridized carbons (Fsp3) is 0.647. The summed E-state index contributed by atoms with van der Waals surface area (Å²) >= 11 is 3.55. The number of benzene rings is 1. The van der Waals surface area contributed by atoms with Gasteiger partial charge in [-0.05, 0) is 51.1 Å². The first-order valence-corrected chi connectivity index (χ1v) is 8.51. The third-order valence-electron chi connectivity index (χ3n) is 4.89. The van der Waals surface area contributed by atoms with Gasteiger partial charge in [0, 0.05) is 16.1 Å². The molecule has 1 saturated carbocycles. The molecule has 1 aliphatic rings. The van der Waals surface area contributed by atoms with Gasteiger partial charge in [-0.3, -0.25) is 0 Å². The second-order valence-corrected chi connectivity index (χ2v) is 7.27. The molecule has 0 aromatic heterocycles. The van der Waals surface area contributed by atoms with Crippen molar-refractivity contribution in [3.8, 4) is 0 Å². The summed E-state index contributed by atoms with van der Waals surface area (Å²) in [6, 6.07) is 8.75. The molecule has 112 valence electrons. The van der Waals surface area contributed by atoms with Crippen molar-refractivity contribution in [2.24, 2.45) is 5.73 Å². The summed E-state index contributed by atoms with van der Waals surface area (Å²) in [7, 11) is 4.40. The number of hydrogen-bond acceptors (Lipinski definition) is 2. The lowest BCUT2D eigenvalue weighted by molar-refractivity contribution is 0.0968. The summed E-state index contributed by atoms with van der Waals surface area (Å²) in [6.07, 6.45) is 8.76. The van der Waals surface area contributed by atoms with Gasteiger partial charge in [-0.1, -0.05) is 53.7 Å². The highest BCUT2D eigenvalue weighted by Crippen LogP contribution is 2.34. The van der Waals surface area contributed by atoms with Crippen LogP contribution < -0.4 is 5.73 Å². The molecule has 1 aromatic carbocycles. The summed E-state index contributed by atoms with van der Waals surface area (Å²) < 4.78 is 1.14. The van der Waals surface area contributed by atoms with Gasteiger partial charge in [0.2, 0.25) is 0 Å². The van der Waals surface area contributed by atoms with Gasteiger partial charge in [-0.2, -0.15) is 0 Å². The Morgan fingerprint density at radius 1 is 1.20 bits per heavy atom. The normalized spacial score (nSPS) is 20.6. The molecule has 1 atom stereocenters. The Kier molecular flexibility index (Phi) is 5.65. The quantitative estimate of drug-likeness (QED) is 0.841. The van der Waals surface area contributed by atoms with Crippen LogP contribution in [0.3, 0.4) is 0 Å². The molecule has 20 heavy (non-hydrogen) atoms. The zero-order chi connectivity index (χ0) is 14.6. The Balaban J connectivity index is 2.16. The predicted octanol–water partition coefficient (Wildman–Crippen LogP) is 3.97. The van der Waals surface area contributed by atoms with Gasteiger partial charge in [0.1, 0.15) is 0 Å². The summed E-state index contributed by atoms with van der Waals surface area (Å²) in [4.78, 5) is 2.39. The minimum absolute atomic E-state index is 0.165. The van der Waals surface area contributed by atoms with Crippen LogP contribution in [0.2, 0.25) is 0 Å². The van der Waals surface area contributed by atoms with Gasteiger partial charge in [0.15, 0.2) is 0 Å². The van der Waals surface area contributed by atoms with Crippen molar-refractivity contribution in [2.45, 2.75) is 56.5 Å². The van der Waals surface area contributed by atoms with Crippen LogP contribution in [0.5, 0.6) is 0 Å². The molecule has 0 amide bonds. The minimum Gasteiger partial charge on any atom is -0.326 e. The average Bonchev–Trinajstić information content (AvgIpc) is 2.65. The van der Waals surface area contributed by atoms with E-state index in [4.69, 9.17) is 5.73 Å². The number of nitrogens with zero attached hydrogens (tertiary/aromatic N) is 1. The van der Waals surface area contributed by atoms with Crippen molar-refractivity contribution >= 4 is 15.9 Å². The van der Waals surface area contributed by atoms with Crippen LogP contribution in [0.15, 0.2) is 28.7 Å². The molecule has 0 aliphatic heterocycles. The molecular formula is C17H27BrN2. The lowest BCUT2D eigenvalue weighted by Crippen LogP contribution is -2.58. The molecule has 1 aromatic rings. The number of nitrogens with two attached hydrogens (primary N) is 1. The van der Waals surface area contributed by atoms with Crippen LogP contribution in [-0.2, 0) is 6.42 Å². The van der Waals surface area contributed by atoms with E-state index in [2.05, 4.69) is 59.2 Å². The molecule has 0 spiro atoms. The Labute approximate surface area is 131 Å². The topological polar surface area (TPSA) is 29.3 Å².